The third kappa shape index (κ3) is 7.09. The van der Waals surface area contributed by atoms with Gasteiger partial charge in [0.05, 0.1) is 70.4 Å². The van der Waals surface area contributed by atoms with Gasteiger partial charge in [0.1, 0.15) is 18.0 Å². The van der Waals surface area contributed by atoms with Gasteiger partial charge in [-0.2, -0.15) is 13.2 Å². The van der Waals surface area contributed by atoms with E-state index in [-0.39, 0.29) is 25.5 Å². The Hall–Kier alpha value is -5.37. The molecule has 1 amide bonds. The molecule has 0 saturated carbocycles. The largest absolute Gasteiger partial charge is 0.497 e. The molecule has 0 fully saturated rings. The second-order valence-electron chi connectivity index (χ2n) is 11.0. The number of ether oxygens (including phenoxy) is 4. The molecule has 1 aliphatic rings. The molecule has 0 atom stereocenters. The minimum Gasteiger partial charge on any atom is -0.497 e. The molecule has 4 aromatic carbocycles. The summed E-state index contributed by atoms with van der Waals surface area (Å²) in [5.74, 6) is 1.49. The van der Waals surface area contributed by atoms with Gasteiger partial charge in [-0.05, 0) is 48.0 Å². The normalized spacial score (nSPS) is 12.2. The lowest BCUT2D eigenvalue weighted by Gasteiger charge is -2.32. The van der Waals surface area contributed by atoms with E-state index in [4.69, 9.17) is 18.9 Å². The highest BCUT2D eigenvalue weighted by Crippen LogP contribution is 2.50. The van der Waals surface area contributed by atoms with Crippen molar-refractivity contribution in [2.24, 2.45) is 0 Å². The molecule has 0 unspecified atom stereocenters. The molecule has 49 heavy (non-hydrogen) atoms. The smallest absolute Gasteiger partial charge is 0.416 e. The van der Waals surface area contributed by atoms with Gasteiger partial charge in [0.25, 0.3) is 0 Å². The van der Waals surface area contributed by atoms with Crippen molar-refractivity contribution in [2.75, 3.05) is 38.2 Å². The second-order valence-corrected chi connectivity index (χ2v) is 12.0. The summed E-state index contributed by atoms with van der Waals surface area (Å²) in [7, 11) is 6.07. The highest BCUT2D eigenvalue weighted by atomic mass is 32.2. The minimum atomic E-state index is -4.50. The van der Waals surface area contributed by atoms with E-state index in [1.165, 1.54) is 43.8 Å². The molecule has 5 aromatic rings. The first kappa shape index (κ1) is 33.5. The number of para-hydroxylation sites is 1. The fraction of sp³-hybridized carbons (Fsp3) is 0.229. The summed E-state index contributed by atoms with van der Waals surface area (Å²) in [5, 5.41) is 8.51. The van der Waals surface area contributed by atoms with Crippen LogP contribution < -0.4 is 28.7 Å². The van der Waals surface area contributed by atoms with Crippen LogP contribution in [0.15, 0.2) is 94.9 Å². The Kier molecular flexibility index (Phi) is 9.58. The highest BCUT2D eigenvalue weighted by molar-refractivity contribution is 7.99. The van der Waals surface area contributed by atoms with Crippen molar-refractivity contribution in [3.8, 4) is 23.0 Å². The van der Waals surface area contributed by atoms with Crippen molar-refractivity contribution in [3.05, 3.63) is 102 Å². The molecule has 0 spiro atoms. The molecule has 1 aromatic heterocycles. The van der Waals surface area contributed by atoms with Gasteiger partial charge >= 0.3 is 6.18 Å². The van der Waals surface area contributed by atoms with Gasteiger partial charge in [-0.3, -0.25) is 4.79 Å². The topological polar surface area (TPSA) is 91.2 Å². The highest BCUT2D eigenvalue weighted by Gasteiger charge is 2.33. The molecule has 0 aliphatic carbocycles. The molecule has 0 bridgehead atoms. The number of alkyl halides is 3. The lowest BCUT2D eigenvalue weighted by atomic mass is 10.1. The quantitative estimate of drug-likeness (QED) is 0.141. The van der Waals surface area contributed by atoms with Crippen LogP contribution in [-0.2, 0) is 30.6 Å². The fourth-order valence-electron chi connectivity index (χ4n) is 5.51. The number of nitrogens with zero attached hydrogens (tertiary/aromatic N) is 5. The van der Waals surface area contributed by atoms with Crippen molar-refractivity contribution < 1.29 is 36.9 Å². The van der Waals surface area contributed by atoms with Gasteiger partial charge in [-0.1, -0.05) is 41.2 Å². The molecular formula is C35H32F3N5O5S. The third-order valence-electron chi connectivity index (χ3n) is 7.92. The zero-order chi connectivity index (χ0) is 34.7. The number of halogens is 3. The Morgan fingerprint density at radius 3 is 2.18 bits per heavy atom. The van der Waals surface area contributed by atoms with E-state index in [1.807, 2.05) is 48.5 Å². The summed E-state index contributed by atoms with van der Waals surface area (Å²) < 4.78 is 64.4. The molecule has 14 heteroatoms. The molecule has 0 saturated heterocycles. The summed E-state index contributed by atoms with van der Waals surface area (Å²) in [6.45, 7) is 0.146. The summed E-state index contributed by atoms with van der Waals surface area (Å²) >= 11 is 1.41. The Balaban J connectivity index is 1.30. The van der Waals surface area contributed by atoms with Crippen LogP contribution in [0.4, 0.5) is 30.2 Å². The maximum atomic E-state index is 14.0. The summed E-state index contributed by atoms with van der Waals surface area (Å²) in [6, 6.07) is 21.9. The predicted molar refractivity (Wildman–Crippen MR) is 178 cm³/mol. The van der Waals surface area contributed by atoms with Crippen LogP contribution in [0, 0.1) is 0 Å². The van der Waals surface area contributed by atoms with Crippen LogP contribution >= 0.6 is 11.8 Å². The van der Waals surface area contributed by atoms with Gasteiger partial charge in [-0.15, -0.1) is 5.10 Å². The average molecular weight is 692 g/mol. The first-order valence-electron chi connectivity index (χ1n) is 15.0. The summed E-state index contributed by atoms with van der Waals surface area (Å²) in [6.07, 6.45) is -2.88. The number of anilines is 3. The molecule has 2 heterocycles. The van der Waals surface area contributed by atoms with Crippen LogP contribution in [0.3, 0.4) is 0 Å². The summed E-state index contributed by atoms with van der Waals surface area (Å²) in [4.78, 5) is 19.0. The number of aromatic nitrogens is 3. The number of amides is 1. The van der Waals surface area contributed by atoms with Crippen molar-refractivity contribution >= 4 is 34.7 Å². The zero-order valence-corrected chi connectivity index (χ0v) is 27.8. The van der Waals surface area contributed by atoms with Crippen LogP contribution in [0.2, 0.25) is 0 Å². The van der Waals surface area contributed by atoms with E-state index in [9.17, 15) is 18.0 Å². The maximum absolute atomic E-state index is 14.0. The SMILES string of the molecule is COc1ccc(CN(C(=O)Cn2cc(CN3c4ccccc4Sc4ccc(C(F)(F)F)cc43)nn2)c2cc(OC)c(OC)c(OC)c2)cc1. The van der Waals surface area contributed by atoms with Gasteiger partial charge in [-0.25, -0.2) is 4.68 Å². The standard InChI is InChI=1S/C35H32F3N5O5S/c1-45-26-12-9-22(10-13-26)18-42(25-16-29(46-2)34(48-4)30(17-25)47-3)33(44)21-41-19-24(39-40-41)20-43-27-7-5-6-8-31(27)49-32-14-11-23(15-28(32)43)35(36,37)38/h5-17,19H,18,20-21H2,1-4H3. The van der Waals surface area contributed by atoms with E-state index < -0.39 is 11.7 Å². The minimum absolute atomic E-state index is 0.127. The van der Waals surface area contributed by atoms with Crippen LogP contribution in [0.1, 0.15) is 16.8 Å². The van der Waals surface area contributed by atoms with Gasteiger partial charge in [0, 0.05) is 21.9 Å². The summed E-state index contributed by atoms with van der Waals surface area (Å²) in [5.41, 5.74) is 2.22. The fourth-order valence-corrected chi connectivity index (χ4v) is 6.59. The van der Waals surface area contributed by atoms with E-state index in [0.29, 0.717) is 45.0 Å². The number of fused-ring (bicyclic) bond motifs is 2. The number of methoxy groups -OCH3 is 4. The Morgan fingerprint density at radius 1 is 0.837 bits per heavy atom. The number of hydrogen-bond donors (Lipinski definition) is 0. The third-order valence-corrected chi connectivity index (χ3v) is 9.05. The predicted octanol–water partition coefficient (Wildman–Crippen LogP) is 7.37. The number of carbonyl (C=O) groups excluding carboxylic acids is 1. The van der Waals surface area contributed by atoms with Crippen molar-refractivity contribution in [2.45, 2.75) is 35.6 Å². The number of carbonyl (C=O) groups is 1. The number of rotatable bonds is 11. The molecule has 0 N–H and O–H groups in total. The Labute approximate surface area is 284 Å². The lowest BCUT2D eigenvalue weighted by molar-refractivity contribution is -0.137. The van der Waals surface area contributed by atoms with E-state index in [2.05, 4.69) is 10.3 Å². The van der Waals surface area contributed by atoms with Gasteiger partial charge in [0.2, 0.25) is 11.7 Å². The van der Waals surface area contributed by atoms with Crippen LogP contribution in [0.25, 0.3) is 0 Å². The van der Waals surface area contributed by atoms with Crippen LogP contribution in [0.5, 0.6) is 23.0 Å². The Morgan fingerprint density at radius 2 is 1.53 bits per heavy atom. The first-order chi connectivity index (χ1) is 23.6. The second kappa shape index (κ2) is 14.0. The lowest BCUT2D eigenvalue weighted by Crippen LogP contribution is -2.33. The Bertz CT molecular complexity index is 1940. The molecule has 6 rings (SSSR count). The molecule has 1 aliphatic heterocycles. The zero-order valence-electron chi connectivity index (χ0n) is 27.0. The average Bonchev–Trinajstić information content (AvgIpc) is 3.55. The van der Waals surface area contributed by atoms with Crippen LogP contribution in [-0.4, -0.2) is 49.3 Å². The van der Waals surface area contributed by atoms with E-state index >= 15 is 0 Å². The monoisotopic (exact) mass is 691 g/mol. The van der Waals surface area contributed by atoms with E-state index in [0.717, 1.165) is 28.3 Å². The molecule has 0 radical (unpaired) electrons. The first-order valence-corrected chi connectivity index (χ1v) is 15.8. The molecule has 254 valence electrons. The van der Waals surface area contributed by atoms with Gasteiger partial charge in [0.15, 0.2) is 11.5 Å². The molecule has 10 nitrogen and oxygen atoms in total. The van der Waals surface area contributed by atoms with Gasteiger partial charge < -0.3 is 28.7 Å². The van der Waals surface area contributed by atoms with Crippen molar-refractivity contribution in [1.82, 2.24) is 15.0 Å². The number of hydrogen-bond acceptors (Lipinski definition) is 9. The van der Waals surface area contributed by atoms with Crippen molar-refractivity contribution in [1.29, 1.82) is 0 Å². The van der Waals surface area contributed by atoms with E-state index in [1.54, 1.807) is 35.2 Å². The number of benzene rings is 4. The van der Waals surface area contributed by atoms with Crippen molar-refractivity contribution in [3.63, 3.8) is 0 Å². The maximum Gasteiger partial charge on any atom is 0.416 e. The molecular weight excluding hydrogens is 659 g/mol.